The van der Waals surface area contributed by atoms with Crippen LogP contribution in [0.4, 0.5) is 11.4 Å². The number of rotatable bonds is 6. The third kappa shape index (κ3) is 4.22. The van der Waals surface area contributed by atoms with E-state index in [2.05, 4.69) is 5.32 Å². The highest BCUT2D eigenvalue weighted by molar-refractivity contribution is 5.95. The highest BCUT2D eigenvalue weighted by atomic mass is 16.6. The molecule has 0 fully saturated rings. The van der Waals surface area contributed by atoms with Crippen LogP contribution >= 0.6 is 0 Å². The molecular weight excluding hydrogens is 250 g/mol. The Labute approximate surface area is 111 Å². The largest absolute Gasteiger partial charge is 0.478 e. The molecule has 0 radical (unpaired) electrons. The molecule has 7 heteroatoms. The van der Waals surface area contributed by atoms with Gasteiger partial charge in [0.25, 0.3) is 5.69 Å². The van der Waals surface area contributed by atoms with Crippen molar-refractivity contribution in [2.24, 2.45) is 0 Å². The van der Waals surface area contributed by atoms with Crippen molar-refractivity contribution in [3.63, 3.8) is 0 Å². The fourth-order valence-corrected chi connectivity index (χ4v) is 1.81. The van der Waals surface area contributed by atoms with Crippen LogP contribution in [0.15, 0.2) is 18.2 Å². The van der Waals surface area contributed by atoms with E-state index in [0.29, 0.717) is 5.69 Å². The van der Waals surface area contributed by atoms with E-state index in [1.165, 1.54) is 12.1 Å². The minimum absolute atomic E-state index is 0.0227. The predicted molar refractivity (Wildman–Crippen MR) is 71.7 cm³/mol. The molecule has 0 saturated carbocycles. The van der Waals surface area contributed by atoms with Crippen molar-refractivity contribution < 1.29 is 14.8 Å². The molecule has 1 aromatic rings. The van der Waals surface area contributed by atoms with E-state index < -0.39 is 10.9 Å². The van der Waals surface area contributed by atoms with Crippen LogP contribution in [0.25, 0.3) is 0 Å². The standard InChI is InChI=1S/C12H17N3O4/c1-8(7-14(2)3)13-11-5-4-9(15(18)19)6-10(11)12(16)17/h4-6,8,13H,7H2,1-3H3,(H,16,17). The van der Waals surface area contributed by atoms with Crippen LogP contribution in [0.2, 0.25) is 0 Å². The first-order valence-electron chi connectivity index (χ1n) is 5.74. The highest BCUT2D eigenvalue weighted by Crippen LogP contribution is 2.22. The lowest BCUT2D eigenvalue weighted by Gasteiger charge is -2.20. The third-order valence-electron chi connectivity index (χ3n) is 2.49. The number of non-ortho nitro benzene ring substituents is 1. The van der Waals surface area contributed by atoms with Crippen LogP contribution in [0.1, 0.15) is 17.3 Å². The lowest BCUT2D eigenvalue weighted by molar-refractivity contribution is -0.384. The number of aromatic carboxylic acids is 1. The second-order valence-electron chi connectivity index (χ2n) is 4.60. The van der Waals surface area contributed by atoms with Crippen molar-refractivity contribution >= 4 is 17.3 Å². The quantitative estimate of drug-likeness (QED) is 0.601. The summed E-state index contributed by atoms with van der Waals surface area (Å²) < 4.78 is 0. The zero-order valence-corrected chi connectivity index (χ0v) is 11.1. The molecule has 1 aromatic carbocycles. The van der Waals surface area contributed by atoms with Gasteiger partial charge in [0.15, 0.2) is 0 Å². The normalized spacial score (nSPS) is 12.2. The molecule has 0 aromatic heterocycles. The number of nitro benzene ring substituents is 1. The maximum atomic E-state index is 11.1. The topological polar surface area (TPSA) is 95.7 Å². The number of nitrogens with one attached hydrogen (secondary N) is 1. The van der Waals surface area contributed by atoms with Crippen molar-refractivity contribution in [1.82, 2.24) is 4.90 Å². The number of likely N-dealkylation sites (N-methyl/N-ethyl adjacent to an activating group) is 1. The summed E-state index contributed by atoms with van der Waals surface area (Å²) in [5.41, 5.74) is 0.0514. The smallest absolute Gasteiger partial charge is 0.338 e. The van der Waals surface area contributed by atoms with Crippen LogP contribution in [-0.2, 0) is 0 Å². The summed E-state index contributed by atoms with van der Waals surface area (Å²) in [5.74, 6) is -1.19. The molecule has 0 heterocycles. The Balaban J connectivity index is 3.00. The Morgan fingerprint density at radius 2 is 2.16 bits per heavy atom. The molecule has 1 rings (SSSR count). The molecule has 0 aliphatic rings. The number of hydrogen-bond donors (Lipinski definition) is 2. The first kappa shape index (κ1) is 14.9. The maximum absolute atomic E-state index is 11.1. The SMILES string of the molecule is CC(CN(C)C)Nc1ccc([N+](=O)[O-])cc1C(=O)O. The van der Waals surface area contributed by atoms with E-state index in [1.807, 2.05) is 25.9 Å². The summed E-state index contributed by atoms with van der Waals surface area (Å²) in [6.07, 6.45) is 0. The Morgan fingerprint density at radius 1 is 1.53 bits per heavy atom. The molecule has 2 N–H and O–H groups in total. The fraction of sp³-hybridized carbons (Fsp3) is 0.417. The number of carboxylic acids is 1. The minimum atomic E-state index is -1.19. The third-order valence-corrected chi connectivity index (χ3v) is 2.49. The summed E-state index contributed by atoms with van der Waals surface area (Å²) in [7, 11) is 3.82. The first-order valence-corrected chi connectivity index (χ1v) is 5.74. The number of nitrogens with zero attached hydrogens (tertiary/aromatic N) is 2. The van der Waals surface area contributed by atoms with Gasteiger partial charge in [-0.25, -0.2) is 4.79 Å². The minimum Gasteiger partial charge on any atom is -0.478 e. The molecule has 7 nitrogen and oxygen atoms in total. The van der Waals surface area contributed by atoms with Gasteiger partial charge in [0.2, 0.25) is 0 Å². The van der Waals surface area contributed by atoms with Crippen LogP contribution in [0.3, 0.4) is 0 Å². The molecule has 19 heavy (non-hydrogen) atoms. The van der Waals surface area contributed by atoms with Crippen molar-refractivity contribution in [3.05, 3.63) is 33.9 Å². The molecule has 1 atom stereocenters. The first-order chi connectivity index (χ1) is 8.81. The lowest BCUT2D eigenvalue weighted by atomic mass is 10.1. The number of benzene rings is 1. The van der Waals surface area contributed by atoms with Crippen LogP contribution in [0, 0.1) is 10.1 Å². The molecule has 0 aliphatic carbocycles. The Hall–Kier alpha value is -2.15. The summed E-state index contributed by atoms with van der Waals surface area (Å²) in [5, 5.41) is 22.8. The molecule has 0 spiro atoms. The second-order valence-corrected chi connectivity index (χ2v) is 4.60. The molecule has 0 aliphatic heterocycles. The van der Waals surface area contributed by atoms with Gasteiger partial charge in [0.1, 0.15) is 0 Å². The molecule has 104 valence electrons. The van der Waals surface area contributed by atoms with E-state index in [1.54, 1.807) is 0 Å². The molecule has 1 unspecified atom stereocenters. The maximum Gasteiger partial charge on any atom is 0.338 e. The van der Waals surface area contributed by atoms with Crippen molar-refractivity contribution in [1.29, 1.82) is 0 Å². The second kappa shape index (κ2) is 6.14. The van der Waals surface area contributed by atoms with Gasteiger partial charge in [0, 0.05) is 30.4 Å². The van der Waals surface area contributed by atoms with Gasteiger partial charge in [-0.05, 0) is 27.1 Å². The average Bonchev–Trinajstić information content (AvgIpc) is 2.27. The zero-order valence-electron chi connectivity index (χ0n) is 11.1. The fourth-order valence-electron chi connectivity index (χ4n) is 1.81. The monoisotopic (exact) mass is 267 g/mol. The van der Waals surface area contributed by atoms with E-state index in [9.17, 15) is 14.9 Å². The Bertz CT molecular complexity index is 488. The highest BCUT2D eigenvalue weighted by Gasteiger charge is 2.17. The average molecular weight is 267 g/mol. The van der Waals surface area contributed by atoms with Crippen LogP contribution in [0.5, 0.6) is 0 Å². The number of anilines is 1. The number of hydrogen-bond acceptors (Lipinski definition) is 5. The Morgan fingerprint density at radius 3 is 2.63 bits per heavy atom. The summed E-state index contributed by atoms with van der Waals surface area (Å²) >= 11 is 0. The van der Waals surface area contributed by atoms with Crippen molar-refractivity contribution in [3.8, 4) is 0 Å². The van der Waals surface area contributed by atoms with Gasteiger partial charge < -0.3 is 15.3 Å². The number of carboxylic acid groups (broad SMARTS) is 1. The lowest BCUT2D eigenvalue weighted by Crippen LogP contribution is -2.30. The molecule has 0 bridgehead atoms. The molecular formula is C12H17N3O4. The summed E-state index contributed by atoms with van der Waals surface area (Å²) in [4.78, 5) is 23.1. The van der Waals surface area contributed by atoms with E-state index >= 15 is 0 Å². The van der Waals surface area contributed by atoms with Gasteiger partial charge in [-0.3, -0.25) is 10.1 Å². The van der Waals surface area contributed by atoms with E-state index in [4.69, 9.17) is 5.11 Å². The van der Waals surface area contributed by atoms with Gasteiger partial charge in [-0.2, -0.15) is 0 Å². The number of carbonyl (C=O) groups is 1. The van der Waals surface area contributed by atoms with Crippen LogP contribution < -0.4 is 5.32 Å². The Kier molecular flexibility index (Phi) is 4.82. The van der Waals surface area contributed by atoms with Crippen molar-refractivity contribution in [2.45, 2.75) is 13.0 Å². The summed E-state index contributed by atoms with van der Waals surface area (Å²) in [6.45, 7) is 2.63. The zero-order chi connectivity index (χ0) is 14.6. The van der Waals surface area contributed by atoms with Crippen molar-refractivity contribution in [2.75, 3.05) is 26.0 Å². The molecule has 0 saturated heterocycles. The molecule has 0 amide bonds. The van der Waals surface area contributed by atoms with Gasteiger partial charge in [-0.1, -0.05) is 0 Å². The summed E-state index contributed by atoms with van der Waals surface area (Å²) in [6, 6.07) is 3.80. The van der Waals surface area contributed by atoms with E-state index in [0.717, 1.165) is 12.6 Å². The van der Waals surface area contributed by atoms with Gasteiger partial charge >= 0.3 is 5.97 Å². The van der Waals surface area contributed by atoms with E-state index in [-0.39, 0.29) is 17.3 Å². The predicted octanol–water partition coefficient (Wildman–Crippen LogP) is 1.66. The van der Waals surface area contributed by atoms with Gasteiger partial charge in [0.05, 0.1) is 10.5 Å². The number of nitro groups is 1. The van der Waals surface area contributed by atoms with Crippen LogP contribution in [-0.4, -0.2) is 47.6 Å². The van der Waals surface area contributed by atoms with Gasteiger partial charge in [-0.15, -0.1) is 0 Å².